The molecule has 5 heteroatoms. The number of carbonyl (C=O) groups excluding carboxylic acids is 1. The molecule has 1 aliphatic rings. The third kappa shape index (κ3) is 2.51. The summed E-state index contributed by atoms with van der Waals surface area (Å²) >= 11 is 0. The second-order valence-corrected chi connectivity index (χ2v) is 4.91. The van der Waals surface area contributed by atoms with E-state index in [1.165, 1.54) is 17.0 Å². The first-order valence-electron chi connectivity index (χ1n) is 6.54. The maximum atomic E-state index is 12.6. The molecule has 1 aliphatic heterocycles. The largest absolute Gasteiger partial charge is 0.416 e. The highest BCUT2D eigenvalue weighted by Crippen LogP contribution is 2.31. The predicted octanol–water partition coefficient (Wildman–Crippen LogP) is 3.91. The molecule has 0 aromatic heterocycles. The molecular formula is C16H12F3NO. The number of fused-ring (bicyclic) bond motifs is 1. The molecule has 0 N–H and O–H groups in total. The molecule has 0 saturated heterocycles. The van der Waals surface area contributed by atoms with Gasteiger partial charge < -0.3 is 4.90 Å². The monoisotopic (exact) mass is 291 g/mol. The van der Waals surface area contributed by atoms with Gasteiger partial charge in [-0.2, -0.15) is 13.2 Å². The highest BCUT2D eigenvalue weighted by atomic mass is 19.4. The van der Waals surface area contributed by atoms with Gasteiger partial charge in [-0.15, -0.1) is 0 Å². The van der Waals surface area contributed by atoms with Gasteiger partial charge in [0.05, 0.1) is 5.56 Å². The smallest absolute Gasteiger partial charge is 0.308 e. The van der Waals surface area contributed by atoms with Gasteiger partial charge in [0.15, 0.2) is 0 Å². The van der Waals surface area contributed by atoms with Gasteiger partial charge in [0.1, 0.15) is 0 Å². The molecule has 0 unspecified atom stereocenters. The summed E-state index contributed by atoms with van der Waals surface area (Å²) in [5.41, 5.74) is 1.37. The Morgan fingerprint density at radius 2 is 1.62 bits per heavy atom. The van der Waals surface area contributed by atoms with Crippen molar-refractivity contribution in [3.8, 4) is 0 Å². The van der Waals surface area contributed by atoms with Gasteiger partial charge in [-0.3, -0.25) is 4.79 Å². The van der Waals surface area contributed by atoms with Crippen LogP contribution in [0.15, 0.2) is 48.5 Å². The van der Waals surface area contributed by atoms with Crippen LogP contribution in [-0.2, 0) is 12.6 Å². The Kier molecular flexibility index (Phi) is 3.20. The van der Waals surface area contributed by atoms with Crippen molar-refractivity contribution in [2.45, 2.75) is 12.6 Å². The summed E-state index contributed by atoms with van der Waals surface area (Å²) < 4.78 is 37.7. The Hall–Kier alpha value is -2.30. The van der Waals surface area contributed by atoms with E-state index in [0.29, 0.717) is 24.2 Å². The zero-order chi connectivity index (χ0) is 15.0. The van der Waals surface area contributed by atoms with E-state index < -0.39 is 11.7 Å². The van der Waals surface area contributed by atoms with Gasteiger partial charge in [0.25, 0.3) is 5.91 Å². The fraction of sp³-hybridized carbons (Fsp3) is 0.188. The highest BCUT2D eigenvalue weighted by Gasteiger charge is 2.31. The van der Waals surface area contributed by atoms with E-state index in [2.05, 4.69) is 0 Å². The normalized spacial score (nSPS) is 15.0. The highest BCUT2D eigenvalue weighted by molar-refractivity contribution is 6.08. The third-order valence-corrected chi connectivity index (χ3v) is 3.60. The fourth-order valence-electron chi connectivity index (χ4n) is 2.50. The van der Waals surface area contributed by atoms with Crippen LogP contribution in [0, 0.1) is 0 Å². The van der Waals surface area contributed by atoms with E-state index in [1.807, 2.05) is 12.1 Å². The molecule has 1 heterocycles. The quantitative estimate of drug-likeness (QED) is 0.780. The number of hydrogen-bond acceptors (Lipinski definition) is 1. The molecule has 0 spiro atoms. The lowest BCUT2D eigenvalue weighted by atomic mass is 9.98. The Labute approximate surface area is 119 Å². The summed E-state index contributed by atoms with van der Waals surface area (Å²) in [6.45, 7) is 0.473. The molecule has 1 amide bonds. The fourth-order valence-corrected chi connectivity index (χ4v) is 2.50. The van der Waals surface area contributed by atoms with Crippen LogP contribution in [-0.4, -0.2) is 12.5 Å². The molecule has 2 aromatic carbocycles. The van der Waals surface area contributed by atoms with Gasteiger partial charge in [0, 0.05) is 17.8 Å². The summed E-state index contributed by atoms with van der Waals surface area (Å²) in [5, 5.41) is 0. The summed E-state index contributed by atoms with van der Waals surface area (Å²) in [6.07, 6.45) is -3.67. The van der Waals surface area contributed by atoms with Gasteiger partial charge >= 0.3 is 6.18 Å². The minimum absolute atomic E-state index is 0.170. The van der Waals surface area contributed by atoms with Gasteiger partial charge in [-0.1, -0.05) is 18.2 Å². The van der Waals surface area contributed by atoms with Crippen LogP contribution >= 0.6 is 0 Å². The van der Waals surface area contributed by atoms with Crippen molar-refractivity contribution in [2.75, 3.05) is 11.4 Å². The number of alkyl halides is 3. The Morgan fingerprint density at radius 1 is 0.952 bits per heavy atom. The van der Waals surface area contributed by atoms with Crippen LogP contribution in [0.2, 0.25) is 0 Å². The number of benzene rings is 2. The Morgan fingerprint density at radius 3 is 2.29 bits per heavy atom. The van der Waals surface area contributed by atoms with Gasteiger partial charge in [0.2, 0.25) is 0 Å². The molecule has 0 aliphatic carbocycles. The number of hydrogen-bond donors (Lipinski definition) is 0. The Balaban J connectivity index is 1.91. The molecule has 2 aromatic rings. The average molecular weight is 291 g/mol. The molecule has 0 radical (unpaired) electrons. The van der Waals surface area contributed by atoms with Crippen molar-refractivity contribution in [2.24, 2.45) is 0 Å². The lowest BCUT2D eigenvalue weighted by Gasteiger charge is -2.28. The molecule has 2 nitrogen and oxygen atoms in total. The van der Waals surface area contributed by atoms with Crippen molar-refractivity contribution in [1.82, 2.24) is 0 Å². The number of rotatable bonds is 1. The molecule has 108 valence electrons. The standard InChI is InChI=1S/C16H12F3NO/c17-16(18,19)12-5-7-13(8-6-12)20-10-9-11-3-1-2-4-14(11)15(20)21/h1-8H,9-10H2. The molecule has 3 rings (SSSR count). The average Bonchev–Trinajstić information content (AvgIpc) is 2.47. The summed E-state index contributed by atoms with van der Waals surface area (Å²) in [5.74, 6) is -0.170. The molecular weight excluding hydrogens is 279 g/mol. The van der Waals surface area contributed by atoms with Crippen LogP contribution in [0.3, 0.4) is 0 Å². The number of amides is 1. The summed E-state index contributed by atoms with van der Waals surface area (Å²) in [4.78, 5) is 13.9. The molecule has 0 bridgehead atoms. The van der Waals surface area contributed by atoms with Crippen LogP contribution < -0.4 is 4.90 Å². The van der Waals surface area contributed by atoms with Crippen molar-refractivity contribution in [1.29, 1.82) is 0 Å². The zero-order valence-electron chi connectivity index (χ0n) is 11.0. The van der Waals surface area contributed by atoms with E-state index in [0.717, 1.165) is 17.7 Å². The van der Waals surface area contributed by atoms with Gasteiger partial charge in [-0.25, -0.2) is 0 Å². The third-order valence-electron chi connectivity index (χ3n) is 3.60. The van der Waals surface area contributed by atoms with E-state index in [-0.39, 0.29) is 5.91 Å². The number of carbonyl (C=O) groups is 1. The SMILES string of the molecule is O=C1c2ccccc2CCN1c1ccc(C(F)(F)F)cc1. The number of anilines is 1. The van der Waals surface area contributed by atoms with E-state index in [1.54, 1.807) is 12.1 Å². The first-order chi connectivity index (χ1) is 9.97. The predicted molar refractivity (Wildman–Crippen MR) is 73.3 cm³/mol. The van der Waals surface area contributed by atoms with Crippen LogP contribution in [0.4, 0.5) is 18.9 Å². The number of nitrogens with zero attached hydrogens (tertiary/aromatic N) is 1. The van der Waals surface area contributed by atoms with Crippen molar-refractivity contribution >= 4 is 11.6 Å². The van der Waals surface area contributed by atoms with Crippen LogP contribution in [0.1, 0.15) is 21.5 Å². The van der Waals surface area contributed by atoms with E-state index in [4.69, 9.17) is 0 Å². The van der Waals surface area contributed by atoms with E-state index in [9.17, 15) is 18.0 Å². The topological polar surface area (TPSA) is 20.3 Å². The molecule has 21 heavy (non-hydrogen) atoms. The molecule has 0 saturated carbocycles. The van der Waals surface area contributed by atoms with Crippen molar-refractivity contribution in [3.05, 3.63) is 65.2 Å². The lowest BCUT2D eigenvalue weighted by molar-refractivity contribution is -0.137. The van der Waals surface area contributed by atoms with Crippen molar-refractivity contribution < 1.29 is 18.0 Å². The minimum atomic E-state index is -4.36. The first kappa shape index (κ1) is 13.7. The maximum absolute atomic E-state index is 12.6. The van der Waals surface area contributed by atoms with Crippen LogP contribution in [0.25, 0.3) is 0 Å². The second kappa shape index (κ2) is 4.91. The second-order valence-electron chi connectivity index (χ2n) is 4.91. The first-order valence-corrected chi connectivity index (χ1v) is 6.54. The Bertz CT molecular complexity index is 677. The van der Waals surface area contributed by atoms with Gasteiger partial charge in [-0.05, 0) is 42.3 Å². The molecule has 0 fully saturated rings. The maximum Gasteiger partial charge on any atom is 0.416 e. The molecule has 0 atom stereocenters. The van der Waals surface area contributed by atoms with Crippen LogP contribution in [0.5, 0.6) is 0 Å². The number of halogens is 3. The lowest BCUT2D eigenvalue weighted by Crippen LogP contribution is -2.37. The minimum Gasteiger partial charge on any atom is -0.308 e. The summed E-state index contributed by atoms with van der Waals surface area (Å²) in [7, 11) is 0. The summed E-state index contributed by atoms with van der Waals surface area (Å²) in [6, 6.07) is 12.0. The van der Waals surface area contributed by atoms with E-state index >= 15 is 0 Å². The van der Waals surface area contributed by atoms with Crippen molar-refractivity contribution in [3.63, 3.8) is 0 Å². The zero-order valence-corrected chi connectivity index (χ0v) is 11.0.